The number of para-hydroxylation sites is 1. The quantitative estimate of drug-likeness (QED) is 0.654. The first-order valence-electron chi connectivity index (χ1n) is 6.34. The minimum Gasteiger partial charge on any atom is -0.398 e. The number of nitrogens with two attached hydrogens (primary N) is 1. The second kappa shape index (κ2) is 5.16. The van der Waals surface area contributed by atoms with Crippen LogP contribution in [-0.4, -0.2) is 31.5 Å². The number of fused-ring (bicyclic) bond motifs is 1. The minimum atomic E-state index is -0.384. The highest BCUT2D eigenvalue weighted by molar-refractivity contribution is 5.99. The van der Waals surface area contributed by atoms with Gasteiger partial charge in [0.1, 0.15) is 5.69 Å². The third kappa shape index (κ3) is 2.50. The Morgan fingerprint density at radius 2 is 2.19 bits per heavy atom. The third-order valence-electron chi connectivity index (χ3n) is 3.08. The molecule has 0 spiro atoms. The number of carbonyl (C=O) groups excluding carboxylic acids is 1. The standard InChI is InChI=1S/C13H13N7O/c1-7(12-17-19-20-18-12)15-13(21)11-6-9(14)8-4-2-3-5-10(8)16-11/h2-7H,1H3,(H2,14,16)(H,15,21)(H,17,18,19,20). The van der Waals surface area contributed by atoms with Gasteiger partial charge in [-0.15, -0.1) is 10.2 Å². The number of aromatic amines is 1. The fraction of sp³-hybridized carbons (Fsp3) is 0.154. The summed E-state index contributed by atoms with van der Waals surface area (Å²) in [5.74, 6) is 0.0573. The summed E-state index contributed by atoms with van der Waals surface area (Å²) in [6.07, 6.45) is 0. The number of tetrazole rings is 1. The van der Waals surface area contributed by atoms with Gasteiger partial charge in [0.2, 0.25) is 0 Å². The maximum Gasteiger partial charge on any atom is 0.270 e. The van der Waals surface area contributed by atoms with Crippen molar-refractivity contribution < 1.29 is 4.79 Å². The van der Waals surface area contributed by atoms with Gasteiger partial charge in [-0.25, -0.2) is 4.98 Å². The molecule has 1 unspecified atom stereocenters. The Morgan fingerprint density at radius 3 is 2.95 bits per heavy atom. The number of nitrogens with one attached hydrogen (secondary N) is 2. The summed E-state index contributed by atoms with van der Waals surface area (Å²) in [6.45, 7) is 1.76. The van der Waals surface area contributed by atoms with Crippen LogP contribution in [0, 0.1) is 0 Å². The number of aromatic nitrogens is 5. The van der Waals surface area contributed by atoms with E-state index in [2.05, 4.69) is 30.9 Å². The molecule has 1 amide bonds. The van der Waals surface area contributed by atoms with E-state index in [-0.39, 0.29) is 17.6 Å². The van der Waals surface area contributed by atoms with E-state index in [1.807, 2.05) is 24.3 Å². The van der Waals surface area contributed by atoms with E-state index in [0.717, 1.165) is 5.39 Å². The lowest BCUT2D eigenvalue weighted by Gasteiger charge is -2.10. The Kier molecular flexibility index (Phi) is 3.19. The van der Waals surface area contributed by atoms with Crippen LogP contribution in [0.4, 0.5) is 5.69 Å². The lowest BCUT2D eigenvalue weighted by Crippen LogP contribution is -2.28. The molecule has 106 valence electrons. The first-order chi connectivity index (χ1) is 10.1. The lowest BCUT2D eigenvalue weighted by atomic mass is 10.1. The van der Waals surface area contributed by atoms with Gasteiger partial charge in [-0.2, -0.15) is 5.21 Å². The largest absolute Gasteiger partial charge is 0.398 e. The molecule has 0 saturated carbocycles. The van der Waals surface area contributed by atoms with Crippen molar-refractivity contribution in [3.8, 4) is 0 Å². The molecule has 3 rings (SSSR count). The number of hydrogen-bond donors (Lipinski definition) is 3. The van der Waals surface area contributed by atoms with Crippen LogP contribution in [0.15, 0.2) is 30.3 Å². The SMILES string of the molecule is CC(NC(=O)c1cc(N)c2ccccc2n1)c1nn[nH]n1. The van der Waals surface area contributed by atoms with Gasteiger partial charge in [0, 0.05) is 11.1 Å². The van der Waals surface area contributed by atoms with E-state index >= 15 is 0 Å². The molecule has 0 radical (unpaired) electrons. The molecular weight excluding hydrogens is 270 g/mol. The van der Waals surface area contributed by atoms with Gasteiger partial charge in [0.25, 0.3) is 5.91 Å². The maximum atomic E-state index is 12.2. The van der Waals surface area contributed by atoms with Gasteiger partial charge in [0.05, 0.1) is 11.6 Å². The van der Waals surface area contributed by atoms with Gasteiger partial charge >= 0.3 is 0 Å². The zero-order valence-corrected chi connectivity index (χ0v) is 11.2. The molecule has 0 aliphatic heterocycles. The summed E-state index contributed by atoms with van der Waals surface area (Å²) in [6, 6.07) is 8.56. The number of benzene rings is 1. The van der Waals surface area contributed by atoms with Gasteiger partial charge < -0.3 is 11.1 Å². The first kappa shape index (κ1) is 13.0. The second-order valence-corrected chi connectivity index (χ2v) is 4.58. The van der Waals surface area contributed by atoms with Gasteiger partial charge in [0.15, 0.2) is 5.82 Å². The van der Waals surface area contributed by atoms with Crippen molar-refractivity contribution in [2.24, 2.45) is 0 Å². The molecule has 2 heterocycles. The molecule has 1 atom stereocenters. The van der Waals surface area contributed by atoms with E-state index < -0.39 is 0 Å². The molecule has 4 N–H and O–H groups in total. The predicted octanol–water partition coefficient (Wildman–Crippen LogP) is 0.821. The molecular formula is C13H13N7O. The normalized spacial score (nSPS) is 12.2. The molecule has 2 aromatic heterocycles. The van der Waals surface area contributed by atoms with Crippen molar-refractivity contribution in [2.75, 3.05) is 5.73 Å². The molecule has 8 heteroatoms. The Bertz CT molecular complexity index is 784. The van der Waals surface area contributed by atoms with Gasteiger partial charge in [-0.05, 0) is 19.1 Å². The number of nitrogen functional groups attached to an aromatic ring is 1. The molecule has 3 aromatic rings. The average Bonchev–Trinajstić information content (AvgIpc) is 3.01. The van der Waals surface area contributed by atoms with Crippen LogP contribution >= 0.6 is 0 Å². The van der Waals surface area contributed by atoms with Crippen molar-refractivity contribution in [1.29, 1.82) is 0 Å². The molecule has 0 aliphatic rings. The Hall–Kier alpha value is -3.03. The number of carbonyl (C=O) groups is 1. The van der Waals surface area contributed by atoms with Crippen LogP contribution in [-0.2, 0) is 0 Å². The Balaban J connectivity index is 1.88. The minimum absolute atomic E-state index is 0.251. The van der Waals surface area contributed by atoms with Crippen LogP contribution in [0.3, 0.4) is 0 Å². The smallest absolute Gasteiger partial charge is 0.270 e. The number of rotatable bonds is 3. The zero-order valence-electron chi connectivity index (χ0n) is 11.2. The summed E-state index contributed by atoms with van der Waals surface area (Å²) >= 11 is 0. The fourth-order valence-electron chi connectivity index (χ4n) is 2.01. The Morgan fingerprint density at radius 1 is 1.38 bits per heavy atom. The van der Waals surface area contributed by atoms with E-state index in [1.165, 1.54) is 0 Å². The van der Waals surface area contributed by atoms with Crippen LogP contribution in [0.2, 0.25) is 0 Å². The van der Waals surface area contributed by atoms with Crippen LogP contribution in [0.5, 0.6) is 0 Å². The number of hydrogen-bond acceptors (Lipinski definition) is 6. The number of pyridine rings is 1. The molecule has 0 fully saturated rings. The number of anilines is 1. The van der Waals surface area contributed by atoms with Crippen molar-refractivity contribution in [3.63, 3.8) is 0 Å². The van der Waals surface area contributed by atoms with E-state index in [1.54, 1.807) is 13.0 Å². The summed E-state index contributed by atoms with van der Waals surface area (Å²) in [4.78, 5) is 16.5. The van der Waals surface area contributed by atoms with Gasteiger partial charge in [-0.3, -0.25) is 4.79 Å². The second-order valence-electron chi connectivity index (χ2n) is 4.58. The fourth-order valence-corrected chi connectivity index (χ4v) is 2.01. The predicted molar refractivity (Wildman–Crippen MR) is 76.2 cm³/mol. The molecule has 0 saturated heterocycles. The molecule has 21 heavy (non-hydrogen) atoms. The molecule has 0 bridgehead atoms. The number of amides is 1. The van der Waals surface area contributed by atoms with Crippen LogP contribution in [0.1, 0.15) is 29.3 Å². The highest BCUT2D eigenvalue weighted by Crippen LogP contribution is 2.20. The molecule has 0 aliphatic carbocycles. The summed E-state index contributed by atoms with van der Waals surface area (Å²) in [5, 5.41) is 17.0. The van der Waals surface area contributed by atoms with Crippen LogP contribution < -0.4 is 11.1 Å². The summed E-state index contributed by atoms with van der Waals surface area (Å²) in [7, 11) is 0. The summed E-state index contributed by atoms with van der Waals surface area (Å²) in [5.41, 5.74) is 7.40. The van der Waals surface area contributed by atoms with E-state index in [9.17, 15) is 4.79 Å². The maximum absolute atomic E-state index is 12.2. The van der Waals surface area contributed by atoms with Crippen molar-refractivity contribution in [1.82, 2.24) is 30.9 Å². The monoisotopic (exact) mass is 283 g/mol. The topological polar surface area (TPSA) is 122 Å². The van der Waals surface area contributed by atoms with Crippen molar-refractivity contribution in [2.45, 2.75) is 13.0 Å². The van der Waals surface area contributed by atoms with Crippen LogP contribution in [0.25, 0.3) is 10.9 Å². The van der Waals surface area contributed by atoms with E-state index in [0.29, 0.717) is 17.0 Å². The molecule has 1 aromatic carbocycles. The number of H-pyrrole nitrogens is 1. The number of nitrogens with zero attached hydrogens (tertiary/aromatic N) is 4. The zero-order chi connectivity index (χ0) is 14.8. The Labute approximate surface area is 119 Å². The third-order valence-corrected chi connectivity index (χ3v) is 3.08. The molecule has 8 nitrogen and oxygen atoms in total. The van der Waals surface area contributed by atoms with E-state index in [4.69, 9.17) is 5.73 Å². The average molecular weight is 283 g/mol. The van der Waals surface area contributed by atoms with Gasteiger partial charge in [-0.1, -0.05) is 23.4 Å². The highest BCUT2D eigenvalue weighted by Gasteiger charge is 2.16. The summed E-state index contributed by atoms with van der Waals surface area (Å²) < 4.78 is 0. The van der Waals surface area contributed by atoms with Crippen molar-refractivity contribution in [3.05, 3.63) is 41.9 Å². The highest BCUT2D eigenvalue weighted by atomic mass is 16.1. The lowest BCUT2D eigenvalue weighted by molar-refractivity contribution is 0.0933. The van der Waals surface area contributed by atoms with Crippen molar-refractivity contribution >= 4 is 22.5 Å². The first-order valence-corrected chi connectivity index (χ1v) is 6.34.